The molecule has 20 nitrogen and oxygen atoms in total. The lowest BCUT2D eigenvalue weighted by Gasteiger charge is -2.35. The van der Waals surface area contributed by atoms with Gasteiger partial charge in [0.15, 0.2) is 0 Å². The minimum Gasteiger partial charge on any atom is -0.480 e. The lowest BCUT2D eigenvalue weighted by atomic mass is 10.1. The summed E-state index contributed by atoms with van der Waals surface area (Å²) < 4.78 is 25.4. The van der Waals surface area contributed by atoms with Gasteiger partial charge in [-0.25, -0.2) is 18.2 Å². The topological polar surface area (TPSA) is 281 Å². The number of nitrogens with two attached hydrogens (primary N) is 1. The van der Waals surface area contributed by atoms with Crippen molar-refractivity contribution in [2.45, 2.75) is 50.4 Å². The van der Waals surface area contributed by atoms with Crippen LogP contribution in [0.4, 0.5) is 0 Å². The van der Waals surface area contributed by atoms with Crippen LogP contribution in [-0.2, 0) is 40.5 Å². The number of carboxylic acid groups (broad SMARTS) is 4. The fraction of sp³-hybridized carbons (Fsp3) is 0.538. The molecule has 1 amide bonds. The number of hydrogen-bond acceptors (Lipinski definition) is 13. The van der Waals surface area contributed by atoms with Crippen molar-refractivity contribution in [2.75, 3.05) is 85.1 Å². The summed E-state index contributed by atoms with van der Waals surface area (Å²) in [7, 11) is -3.74. The molecule has 60 heavy (non-hydrogen) atoms. The molecule has 2 atom stereocenters. The van der Waals surface area contributed by atoms with Gasteiger partial charge in [-0.15, -0.1) is 0 Å². The zero-order valence-electron chi connectivity index (χ0n) is 33.8. The zero-order valence-corrected chi connectivity index (χ0v) is 34.6. The Morgan fingerprint density at radius 3 is 1.87 bits per heavy atom. The summed E-state index contributed by atoms with van der Waals surface area (Å²) in [5.74, 6) is -4.55. The molecule has 0 saturated carbocycles. The molecule has 2 heterocycles. The lowest BCUT2D eigenvalue weighted by Crippen LogP contribution is -2.51. The van der Waals surface area contributed by atoms with Crippen LogP contribution >= 0.6 is 0 Å². The first-order valence-electron chi connectivity index (χ1n) is 19.8. The van der Waals surface area contributed by atoms with Gasteiger partial charge in [0.05, 0.1) is 48.5 Å². The van der Waals surface area contributed by atoms with E-state index in [2.05, 4.69) is 10.6 Å². The average molecular weight is 860 g/mol. The summed E-state index contributed by atoms with van der Waals surface area (Å²) in [5.41, 5.74) is 4.12. The van der Waals surface area contributed by atoms with Crippen LogP contribution in [0.2, 0.25) is 0 Å². The minimum atomic E-state index is -3.74. The lowest BCUT2D eigenvalue weighted by molar-refractivity contribution is -0.145. The average Bonchev–Trinajstić information content (AvgIpc) is 3.60. The van der Waals surface area contributed by atoms with Gasteiger partial charge in [-0.2, -0.15) is 5.10 Å². The number of sulfonamides is 1. The Hall–Kier alpha value is -5.03. The van der Waals surface area contributed by atoms with Crippen molar-refractivity contribution in [3.8, 4) is 11.3 Å². The van der Waals surface area contributed by atoms with E-state index in [0.29, 0.717) is 30.8 Å². The standard InChI is InChI=1S/C39H57N9O11S/c1-28-5-7-29(8-6-28)34-22-30(43-48(34)31-9-11-32(12-10-31)60(40,58)59)23-41-24-35(49)42-13-3-2-4-33(39(56)57)47-20-18-45(26-37(52)53)16-14-44(25-36(50)51)15-17-46(19-21-47)27-38(54)55/h5-11,22,32-33,41H,2-4,12-21,23-27H2,1H3,(H,42,49)(H,50,51)(H,52,53)(H,54,55)(H,56,57)(H2,40,58,59). The van der Waals surface area contributed by atoms with E-state index in [1.807, 2.05) is 37.3 Å². The number of benzene rings is 1. The number of rotatable bonds is 20. The molecule has 1 aliphatic carbocycles. The first-order chi connectivity index (χ1) is 28.5. The molecule has 2 aliphatic rings. The number of allylic oxidation sites excluding steroid dienone is 3. The summed E-state index contributed by atoms with van der Waals surface area (Å²) in [6, 6.07) is 8.85. The molecular formula is C39H57N9O11S. The van der Waals surface area contributed by atoms with E-state index in [4.69, 9.17) is 10.2 Å². The highest BCUT2D eigenvalue weighted by atomic mass is 32.2. The van der Waals surface area contributed by atoms with Crippen molar-refractivity contribution in [1.82, 2.24) is 40.0 Å². The van der Waals surface area contributed by atoms with E-state index in [-0.39, 0.29) is 104 Å². The summed E-state index contributed by atoms with van der Waals surface area (Å²) in [6.45, 7) is 3.28. The molecule has 1 aliphatic heterocycles. The van der Waals surface area contributed by atoms with Crippen molar-refractivity contribution in [2.24, 2.45) is 5.14 Å². The Labute approximate surface area is 349 Å². The molecule has 1 fully saturated rings. The Bertz CT molecular complexity index is 1940. The number of unbranched alkanes of at least 4 members (excludes halogenated alkanes) is 1. The van der Waals surface area contributed by atoms with Gasteiger partial charge in [0.2, 0.25) is 15.9 Å². The largest absolute Gasteiger partial charge is 0.480 e. The monoisotopic (exact) mass is 859 g/mol. The summed E-state index contributed by atoms with van der Waals surface area (Å²) in [4.78, 5) is 66.6. The van der Waals surface area contributed by atoms with Crippen LogP contribution < -0.4 is 15.8 Å². The van der Waals surface area contributed by atoms with Crippen molar-refractivity contribution in [3.63, 3.8) is 0 Å². The van der Waals surface area contributed by atoms with Gasteiger partial charge >= 0.3 is 23.9 Å². The first kappa shape index (κ1) is 47.6. The number of amides is 1. The summed E-state index contributed by atoms with van der Waals surface area (Å²) in [6.07, 6.45) is 6.37. The fourth-order valence-electron chi connectivity index (χ4n) is 7.07. The van der Waals surface area contributed by atoms with Crippen LogP contribution in [0.5, 0.6) is 0 Å². The normalized spacial score (nSPS) is 18.5. The molecule has 0 radical (unpaired) electrons. The second-order valence-electron chi connectivity index (χ2n) is 15.0. The van der Waals surface area contributed by atoms with Crippen LogP contribution in [0.25, 0.3) is 17.0 Å². The van der Waals surface area contributed by atoms with Crippen molar-refractivity contribution < 1.29 is 52.8 Å². The van der Waals surface area contributed by atoms with Gasteiger partial charge in [-0.3, -0.25) is 43.6 Å². The number of aliphatic carboxylic acids is 4. The number of nitrogens with one attached hydrogen (secondary N) is 2. The summed E-state index contributed by atoms with van der Waals surface area (Å²) >= 11 is 0. The number of primary sulfonamides is 1. The van der Waals surface area contributed by atoms with Gasteiger partial charge in [0, 0.05) is 71.0 Å². The van der Waals surface area contributed by atoms with Crippen LogP contribution in [0.3, 0.4) is 0 Å². The van der Waals surface area contributed by atoms with Crippen LogP contribution in [0.15, 0.2) is 48.6 Å². The maximum atomic E-state index is 12.7. The fourth-order valence-corrected chi connectivity index (χ4v) is 7.73. The number of hydrogen-bond donors (Lipinski definition) is 7. The number of carbonyl (C=O) groups is 5. The van der Waals surface area contributed by atoms with Gasteiger partial charge in [-0.05, 0) is 44.7 Å². The second kappa shape index (κ2) is 23.1. The molecule has 330 valence electrons. The molecule has 1 aromatic heterocycles. The van der Waals surface area contributed by atoms with E-state index in [1.54, 1.807) is 42.5 Å². The minimum absolute atomic E-state index is 0.00928. The number of nitrogens with zero attached hydrogens (tertiary/aromatic N) is 6. The quantitative estimate of drug-likeness (QED) is 0.0836. The molecule has 2 aromatic rings. The molecule has 1 saturated heterocycles. The molecular weight excluding hydrogens is 803 g/mol. The summed E-state index contributed by atoms with van der Waals surface area (Å²) in [5, 5.41) is 53.8. The van der Waals surface area contributed by atoms with E-state index < -0.39 is 45.2 Å². The third-order valence-corrected chi connectivity index (χ3v) is 11.5. The highest BCUT2D eigenvalue weighted by molar-refractivity contribution is 7.89. The van der Waals surface area contributed by atoms with Gasteiger partial charge in [0.1, 0.15) is 6.04 Å². The van der Waals surface area contributed by atoms with E-state index >= 15 is 0 Å². The molecule has 4 rings (SSSR count). The van der Waals surface area contributed by atoms with Gasteiger partial charge in [-0.1, -0.05) is 42.0 Å². The Morgan fingerprint density at radius 1 is 0.833 bits per heavy atom. The molecule has 0 spiro atoms. The third kappa shape index (κ3) is 15.9. The van der Waals surface area contributed by atoms with Crippen LogP contribution in [0.1, 0.15) is 36.9 Å². The van der Waals surface area contributed by atoms with E-state index in [9.17, 15) is 52.8 Å². The maximum absolute atomic E-state index is 12.7. The van der Waals surface area contributed by atoms with Crippen molar-refractivity contribution in [1.29, 1.82) is 0 Å². The maximum Gasteiger partial charge on any atom is 0.320 e. The second-order valence-corrected chi connectivity index (χ2v) is 16.8. The third-order valence-electron chi connectivity index (χ3n) is 10.3. The highest BCUT2D eigenvalue weighted by Crippen LogP contribution is 2.27. The molecule has 1 aromatic carbocycles. The molecule has 2 unspecified atom stereocenters. The molecule has 21 heteroatoms. The number of carboxylic acids is 4. The van der Waals surface area contributed by atoms with Crippen LogP contribution in [-0.4, -0.2) is 184 Å². The number of aromatic nitrogens is 2. The Balaban J connectivity index is 1.30. The van der Waals surface area contributed by atoms with Crippen LogP contribution in [0, 0.1) is 6.92 Å². The SMILES string of the molecule is Cc1ccc(-c2cc(CNCC(=O)NCCCCC(C(=O)O)N3CCN(CC(=O)O)CCN(CC(=O)O)CCN(CC(=O)O)CC3)nn2C2=CCC(S(N)(=O)=O)C=C2)cc1. The number of carbonyl (C=O) groups excluding carboxylic acids is 1. The van der Waals surface area contributed by atoms with Gasteiger partial charge < -0.3 is 31.1 Å². The molecule has 0 bridgehead atoms. The van der Waals surface area contributed by atoms with E-state index in [0.717, 1.165) is 16.8 Å². The number of aryl methyl sites for hydroxylation is 1. The molecule has 8 N–H and O–H groups in total. The highest BCUT2D eigenvalue weighted by Gasteiger charge is 2.28. The first-order valence-corrected chi connectivity index (χ1v) is 21.4. The van der Waals surface area contributed by atoms with Crippen molar-refractivity contribution in [3.05, 3.63) is 59.8 Å². The smallest absolute Gasteiger partial charge is 0.320 e. The van der Waals surface area contributed by atoms with Crippen molar-refractivity contribution >= 4 is 45.5 Å². The predicted molar refractivity (Wildman–Crippen MR) is 221 cm³/mol. The predicted octanol–water partition coefficient (Wildman–Crippen LogP) is -0.379. The van der Waals surface area contributed by atoms with Gasteiger partial charge in [0.25, 0.3) is 0 Å². The Morgan fingerprint density at radius 2 is 1.38 bits per heavy atom. The Kier molecular flexibility index (Phi) is 18.3. The van der Waals surface area contributed by atoms with E-state index in [1.165, 1.54) is 0 Å². The zero-order chi connectivity index (χ0) is 43.8.